The summed E-state index contributed by atoms with van der Waals surface area (Å²) < 4.78 is 31.2. The van der Waals surface area contributed by atoms with E-state index in [1.165, 1.54) is 11.4 Å². The van der Waals surface area contributed by atoms with Gasteiger partial charge in [0.2, 0.25) is 15.9 Å². The normalized spacial score (nSPS) is 17.0. The molecule has 1 saturated heterocycles. The second-order valence-electron chi connectivity index (χ2n) is 5.03. The van der Waals surface area contributed by atoms with Crippen LogP contribution >= 0.6 is 0 Å². The van der Waals surface area contributed by atoms with Crippen LogP contribution in [0.2, 0.25) is 0 Å². The highest BCUT2D eigenvalue weighted by molar-refractivity contribution is 7.89. The maximum atomic E-state index is 12.5. The van der Waals surface area contributed by atoms with Crippen molar-refractivity contribution in [1.29, 1.82) is 0 Å². The average Bonchev–Trinajstić information content (AvgIpc) is 2.48. The van der Waals surface area contributed by atoms with Gasteiger partial charge in [-0.2, -0.15) is 4.31 Å². The predicted octanol–water partition coefficient (Wildman–Crippen LogP) is 0.474. The van der Waals surface area contributed by atoms with Crippen molar-refractivity contribution in [2.75, 3.05) is 39.9 Å². The van der Waals surface area contributed by atoms with E-state index in [-0.39, 0.29) is 12.5 Å². The molecule has 0 N–H and O–H groups in total. The number of benzene rings is 1. The number of methoxy groups -OCH3 is 1. The fourth-order valence-electron chi connectivity index (χ4n) is 2.25. The summed E-state index contributed by atoms with van der Waals surface area (Å²) in [5.74, 6) is -0.107. The Balaban J connectivity index is 2.04. The molecule has 0 radical (unpaired) electrons. The van der Waals surface area contributed by atoms with E-state index in [1.807, 2.05) is 6.92 Å². The molecular formula is C14H20N2O4S. The lowest BCUT2D eigenvalue weighted by atomic mass is 10.2. The topological polar surface area (TPSA) is 66.9 Å². The third-order valence-corrected chi connectivity index (χ3v) is 5.43. The number of hydrogen-bond donors (Lipinski definition) is 0. The van der Waals surface area contributed by atoms with Gasteiger partial charge in [-0.15, -0.1) is 0 Å². The van der Waals surface area contributed by atoms with Crippen molar-refractivity contribution in [1.82, 2.24) is 9.21 Å². The molecule has 0 atom stereocenters. The largest absolute Gasteiger partial charge is 0.375 e. The molecule has 1 amide bonds. The summed E-state index contributed by atoms with van der Waals surface area (Å²) in [4.78, 5) is 13.6. The van der Waals surface area contributed by atoms with E-state index in [9.17, 15) is 13.2 Å². The number of amides is 1. The van der Waals surface area contributed by atoms with Crippen LogP contribution in [0.3, 0.4) is 0 Å². The molecule has 1 aromatic carbocycles. The number of aryl methyl sites for hydroxylation is 1. The summed E-state index contributed by atoms with van der Waals surface area (Å²) in [6, 6.07) is 6.80. The van der Waals surface area contributed by atoms with Gasteiger partial charge < -0.3 is 9.64 Å². The molecular weight excluding hydrogens is 292 g/mol. The Labute approximate surface area is 125 Å². The van der Waals surface area contributed by atoms with Crippen LogP contribution in [0, 0.1) is 6.92 Å². The fraction of sp³-hybridized carbons (Fsp3) is 0.500. The van der Waals surface area contributed by atoms with Crippen LogP contribution in [0.15, 0.2) is 29.2 Å². The van der Waals surface area contributed by atoms with E-state index in [2.05, 4.69) is 0 Å². The first-order chi connectivity index (χ1) is 9.95. The zero-order valence-electron chi connectivity index (χ0n) is 12.3. The number of ether oxygens (including phenoxy) is 1. The van der Waals surface area contributed by atoms with Crippen molar-refractivity contribution in [3.8, 4) is 0 Å². The predicted molar refractivity (Wildman–Crippen MR) is 78.4 cm³/mol. The van der Waals surface area contributed by atoms with Crippen LogP contribution in [0.1, 0.15) is 5.56 Å². The first-order valence-corrected chi connectivity index (χ1v) is 8.22. The molecule has 0 saturated carbocycles. The van der Waals surface area contributed by atoms with Crippen molar-refractivity contribution < 1.29 is 17.9 Å². The molecule has 1 heterocycles. The molecule has 0 unspecified atom stereocenters. The number of carbonyl (C=O) groups is 1. The van der Waals surface area contributed by atoms with Crippen molar-refractivity contribution in [2.24, 2.45) is 0 Å². The Morgan fingerprint density at radius 2 is 1.71 bits per heavy atom. The fourth-order valence-corrected chi connectivity index (χ4v) is 3.67. The molecule has 6 nitrogen and oxygen atoms in total. The van der Waals surface area contributed by atoms with Gasteiger partial charge in [0.05, 0.1) is 4.90 Å². The maximum Gasteiger partial charge on any atom is 0.248 e. The maximum absolute atomic E-state index is 12.5. The Hall–Kier alpha value is -1.44. The van der Waals surface area contributed by atoms with Crippen molar-refractivity contribution in [2.45, 2.75) is 11.8 Å². The van der Waals surface area contributed by atoms with Gasteiger partial charge in [0.25, 0.3) is 0 Å². The van der Waals surface area contributed by atoms with Gasteiger partial charge in [0.15, 0.2) is 0 Å². The van der Waals surface area contributed by atoms with E-state index in [0.717, 1.165) is 5.56 Å². The van der Waals surface area contributed by atoms with Gasteiger partial charge in [-0.3, -0.25) is 4.79 Å². The molecule has 0 bridgehead atoms. The number of piperazine rings is 1. The lowest BCUT2D eigenvalue weighted by Crippen LogP contribution is -2.51. The first kappa shape index (κ1) is 15.9. The zero-order chi connectivity index (χ0) is 15.5. The van der Waals surface area contributed by atoms with Gasteiger partial charge in [-0.05, 0) is 19.1 Å². The van der Waals surface area contributed by atoms with Crippen LogP contribution < -0.4 is 0 Å². The van der Waals surface area contributed by atoms with Crippen LogP contribution in [-0.2, 0) is 19.6 Å². The number of sulfonamides is 1. The quantitative estimate of drug-likeness (QED) is 0.811. The Morgan fingerprint density at radius 3 is 2.24 bits per heavy atom. The first-order valence-electron chi connectivity index (χ1n) is 6.78. The van der Waals surface area contributed by atoms with Crippen molar-refractivity contribution in [3.05, 3.63) is 29.8 Å². The zero-order valence-corrected chi connectivity index (χ0v) is 13.1. The van der Waals surface area contributed by atoms with E-state index in [0.29, 0.717) is 31.1 Å². The molecule has 2 rings (SSSR count). The van der Waals surface area contributed by atoms with Gasteiger partial charge in [0.1, 0.15) is 6.61 Å². The highest BCUT2D eigenvalue weighted by Gasteiger charge is 2.29. The molecule has 0 spiro atoms. The van der Waals surface area contributed by atoms with Gasteiger partial charge in [-0.1, -0.05) is 17.7 Å². The third-order valence-electron chi connectivity index (χ3n) is 3.52. The number of rotatable bonds is 4. The minimum absolute atomic E-state index is 0.0325. The second-order valence-corrected chi connectivity index (χ2v) is 6.97. The lowest BCUT2D eigenvalue weighted by Gasteiger charge is -2.33. The van der Waals surface area contributed by atoms with Gasteiger partial charge >= 0.3 is 0 Å². The van der Waals surface area contributed by atoms with E-state index >= 15 is 0 Å². The average molecular weight is 312 g/mol. The summed E-state index contributed by atoms with van der Waals surface area (Å²) in [6.45, 7) is 3.36. The molecule has 0 aliphatic carbocycles. The van der Waals surface area contributed by atoms with Crippen LogP contribution in [0.5, 0.6) is 0 Å². The van der Waals surface area contributed by atoms with E-state index in [4.69, 9.17) is 4.74 Å². The lowest BCUT2D eigenvalue weighted by molar-refractivity contribution is -0.136. The van der Waals surface area contributed by atoms with Gasteiger partial charge in [0, 0.05) is 33.3 Å². The number of nitrogens with zero attached hydrogens (tertiary/aromatic N) is 2. The molecule has 7 heteroatoms. The van der Waals surface area contributed by atoms with Crippen LogP contribution in [0.4, 0.5) is 0 Å². The molecule has 1 aliphatic rings. The third kappa shape index (κ3) is 3.61. The minimum Gasteiger partial charge on any atom is -0.375 e. The Kier molecular flexibility index (Phi) is 4.97. The summed E-state index contributed by atoms with van der Waals surface area (Å²) in [5, 5.41) is 0. The molecule has 21 heavy (non-hydrogen) atoms. The van der Waals surface area contributed by atoms with E-state index < -0.39 is 10.0 Å². The van der Waals surface area contributed by atoms with E-state index in [1.54, 1.807) is 29.2 Å². The second kappa shape index (κ2) is 6.55. The SMILES string of the molecule is COCC(=O)N1CCN(S(=O)(=O)c2ccc(C)cc2)CC1. The molecule has 1 fully saturated rings. The van der Waals surface area contributed by atoms with Crippen molar-refractivity contribution >= 4 is 15.9 Å². The monoisotopic (exact) mass is 312 g/mol. The smallest absolute Gasteiger partial charge is 0.248 e. The molecule has 1 aliphatic heterocycles. The van der Waals surface area contributed by atoms with Crippen LogP contribution in [0.25, 0.3) is 0 Å². The standard InChI is InChI=1S/C14H20N2O4S/c1-12-3-5-13(6-4-12)21(18,19)16-9-7-15(8-10-16)14(17)11-20-2/h3-6H,7-11H2,1-2H3. The minimum atomic E-state index is -3.48. The summed E-state index contributed by atoms with van der Waals surface area (Å²) >= 11 is 0. The number of hydrogen-bond acceptors (Lipinski definition) is 4. The van der Waals surface area contributed by atoms with Gasteiger partial charge in [-0.25, -0.2) is 8.42 Å². The molecule has 1 aromatic rings. The number of carbonyl (C=O) groups excluding carboxylic acids is 1. The summed E-state index contributed by atoms with van der Waals surface area (Å²) in [7, 11) is -2.01. The Morgan fingerprint density at radius 1 is 1.14 bits per heavy atom. The summed E-state index contributed by atoms with van der Waals surface area (Å²) in [5.41, 5.74) is 1.02. The molecule has 116 valence electrons. The van der Waals surface area contributed by atoms with Crippen LogP contribution in [-0.4, -0.2) is 63.4 Å². The highest BCUT2D eigenvalue weighted by atomic mass is 32.2. The van der Waals surface area contributed by atoms with Crippen molar-refractivity contribution in [3.63, 3.8) is 0 Å². The summed E-state index contributed by atoms with van der Waals surface area (Å²) in [6.07, 6.45) is 0. The highest BCUT2D eigenvalue weighted by Crippen LogP contribution is 2.18. The molecule has 0 aromatic heterocycles. The Bertz CT molecular complexity index is 590.